The summed E-state index contributed by atoms with van der Waals surface area (Å²) in [6, 6.07) is 15.5. The summed E-state index contributed by atoms with van der Waals surface area (Å²) in [6.07, 6.45) is 0.641. The molecule has 3 aromatic heterocycles. The number of hydrogen-bond donors (Lipinski definition) is 2. The molecule has 0 spiro atoms. The number of rotatable bonds is 4. The molecule has 1 unspecified atom stereocenters. The van der Waals surface area contributed by atoms with E-state index >= 15 is 0 Å². The van der Waals surface area contributed by atoms with Crippen molar-refractivity contribution < 1.29 is 9.52 Å². The van der Waals surface area contributed by atoms with Crippen LogP contribution in [0.3, 0.4) is 0 Å². The van der Waals surface area contributed by atoms with Gasteiger partial charge in [-0.3, -0.25) is 0 Å². The van der Waals surface area contributed by atoms with Crippen molar-refractivity contribution in [2.45, 2.75) is 6.10 Å². The monoisotopic (exact) mass is 401 g/mol. The molecule has 24 heavy (non-hydrogen) atoms. The lowest BCUT2D eigenvalue weighted by Gasteiger charge is -2.07. The third kappa shape index (κ3) is 2.82. The second-order valence-electron chi connectivity index (χ2n) is 5.14. The maximum atomic E-state index is 10.8. The average molecular weight is 402 g/mol. The highest BCUT2D eigenvalue weighted by atomic mass is 79.9. The number of H-pyrrole nitrogens is 1. The highest BCUT2D eigenvalue weighted by Crippen LogP contribution is 2.41. The molecule has 5 nitrogen and oxygen atoms in total. The number of aliphatic hydroxyl groups excluding tert-OH is 1. The smallest absolute Gasteiger partial charge is 0.171 e. The van der Waals surface area contributed by atoms with Crippen molar-refractivity contribution in [2.24, 2.45) is 0 Å². The molecule has 1 atom stereocenters. The van der Waals surface area contributed by atoms with E-state index in [0.717, 1.165) is 20.9 Å². The minimum absolute atomic E-state index is 0.472. The summed E-state index contributed by atoms with van der Waals surface area (Å²) in [6.45, 7) is 0. The lowest BCUT2D eigenvalue weighted by molar-refractivity contribution is 0.188. The summed E-state index contributed by atoms with van der Waals surface area (Å²) >= 11 is 4.82. The third-order valence-corrected chi connectivity index (χ3v) is 5.24. The number of aliphatic hydroxyl groups is 1. The van der Waals surface area contributed by atoms with Crippen molar-refractivity contribution in [3.05, 3.63) is 70.9 Å². The van der Waals surface area contributed by atoms with Crippen LogP contribution < -0.4 is 0 Å². The number of aromatic amines is 1. The predicted octanol–water partition coefficient (Wildman–Crippen LogP) is 4.64. The van der Waals surface area contributed by atoms with Crippen LogP contribution in [0.5, 0.6) is 0 Å². The molecule has 0 fully saturated rings. The predicted molar refractivity (Wildman–Crippen MR) is 95.6 cm³/mol. The summed E-state index contributed by atoms with van der Waals surface area (Å²) in [5.41, 5.74) is 1.82. The lowest BCUT2D eigenvalue weighted by Crippen LogP contribution is -1.98. The molecule has 3 heterocycles. The van der Waals surface area contributed by atoms with Crippen molar-refractivity contribution in [1.29, 1.82) is 0 Å². The summed E-state index contributed by atoms with van der Waals surface area (Å²) in [5.74, 6) is 1.10. The average Bonchev–Trinajstić information content (AvgIpc) is 3.35. The lowest BCUT2D eigenvalue weighted by atomic mass is 10.1. The van der Waals surface area contributed by atoms with Crippen molar-refractivity contribution in [2.75, 3.05) is 0 Å². The van der Waals surface area contributed by atoms with E-state index in [1.807, 2.05) is 36.4 Å². The largest absolute Gasteiger partial charge is 0.451 e. The van der Waals surface area contributed by atoms with Gasteiger partial charge in [-0.05, 0) is 39.7 Å². The van der Waals surface area contributed by atoms with Crippen molar-refractivity contribution in [1.82, 2.24) is 15.2 Å². The van der Waals surface area contributed by atoms with Crippen molar-refractivity contribution in [3.63, 3.8) is 0 Å². The first-order chi connectivity index (χ1) is 11.7. The molecule has 0 bridgehead atoms. The molecule has 0 aliphatic heterocycles. The van der Waals surface area contributed by atoms with Gasteiger partial charge in [0.05, 0.1) is 4.88 Å². The van der Waals surface area contributed by atoms with E-state index in [9.17, 15) is 5.11 Å². The summed E-state index contributed by atoms with van der Waals surface area (Å²) in [7, 11) is 0. The van der Waals surface area contributed by atoms with E-state index in [-0.39, 0.29) is 0 Å². The van der Waals surface area contributed by atoms with Crippen LogP contribution in [0.4, 0.5) is 0 Å². The second-order valence-corrected chi connectivity index (χ2v) is 6.98. The first kappa shape index (κ1) is 15.3. The van der Waals surface area contributed by atoms with E-state index in [0.29, 0.717) is 16.3 Å². The Morgan fingerprint density at radius 2 is 2.00 bits per heavy atom. The molecule has 0 amide bonds. The van der Waals surface area contributed by atoms with E-state index in [1.54, 1.807) is 23.5 Å². The molecule has 0 aliphatic carbocycles. The topological polar surface area (TPSA) is 74.9 Å². The molecule has 0 radical (unpaired) electrons. The second kappa shape index (κ2) is 6.35. The van der Waals surface area contributed by atoms with Gasteiger partial charge in [0.1, 0.15) is 18.2 Å². The number of benzene rings is 1. The van der Waals surface area contributed by atoms with E-state index < -0.39 is 6.10 Å². The Labute approximate surface area is 150 Å². The van der Waals surface area contributed by atoms with Gasteiger partial charge in [-0.1, -0.05) is 30.3 Å². The Hall–Kier alpha value is -2.22. The number of halogens is 1. The van der Waals surface area contributed by atoms with Gasteiger partial charge in [-0.2, -0.15) is 0 Å². The van der Waals surface area contributed by atoms with Crippen molar-refractivity contribution in [3.8, 4) is 21.1 Å². The number of furan rings is 1. The molecular weight excluding hydrogens is 390 g/mol. The molecule has 2 N–H and O–H groups in total. The van der Waals surface area contributed by atoms with Crippen LogP contribution in [0.15, 0.2) is 63.9 Å². The van der Waals surface area contributed by atoms with Crippen LogP contribution in [0, 0.1) is 0 Å². The summed E-state index contributed by atoms with van der Waals surface area (Å²) in [4.78, 5) is 4.89. The molecule has 7 heteroatoms. The van der Waals surface area contributed by atoms with Gasteiger partial charge in [0.15, 0.2) is 10.5 Å². The Morgan fingerprint density at radius 1 is 1.17 bits per heavy atom. The van der Waals surface area contributed by atoms with Gasteiger partial charge in [0, 0.05) is 10.4 Å². The van der Waals surface area contributed by atoms with E-state index in [1.165, 1.54) is 6.33 Å². The first-order valence-corrected chi connectivity index (χ1v) is 8.82. The molecular formula is C17H12BrN3O2S. The zero-order valence-corrected chi connectivity index (χ0v) is 14.7. The first-order valence-electron chi connectivity index (χ1n) is 7.21. The zero-order chi connectivity index (χ0) is 16.5. The Bertz CT molecular complexity index is 948. The molecule has 0 saturated heterocycles. The molecule has 4 aromatic rings. The van der Waals surface area contributed by atoms with Crippen LogP contribution in [-0.4, -0.2) is 20.3 Å². The number of nitrogens with zero attached hydrogens (tertiary/aromatic N) is 2. The van der Waals surface area contributed by atoms with Crippen molar-refractivity contribution >= 4 is 27.3 Å². The minimum atomic E-state index is -0.884. The highest BCUT2D eigenvalue weighted by Gasteiger charge is 2.23. The Kier molecular flexibility index (Phi) is 4.05. The normalized spacial score (nSPS) is 12.4. The third-order valence-electron chi connectivity index (χ3n) is 3.61. The van der Waals surface area contributed by atoms with Crippen LogP contribution >= 0.6 is 27.3 Å². The molecule has 4 rings (SSSR count). The van der Waals surface area contributed by atoms with E-state index in [2.05, 4.69) is 31.1 Å². The van der Waals surface area contributed by atoms with Gasteiger partial charge in [-0.25, -0.2) is 0 Å². The molecule has 0 aliphatic rings. The number of hydrogen-bond acceptors (Lipinski definition) is 5. The quantitative estimate of drug-likeness (QED) is 0.522. The standard InChI is InChI=1S/C17H12BrN3O2S/c18-14-7-6-12(23-14)15(22)11-8-13(10-4-2-1-3-5-10)24-16(11)17-19-9-20-21-17/h1-9,15,22H,(H,19,20,21). The maximum absolute atomic E-state index is 10.8. The SMILES string of the molecule is OC(c1ccc(Br)o1)c1cc(-c2ccccc2)sc1-c1nnc[nH]1. The fourth-order valence-corrected chi connectivity index (χ4v) is 3.95. The highest BCUT2D eigenvalue weighted by molar-refractivity contribution is 9.10. The number of nitrogens with one attached hydrogen (secondary N) is 1. The summed E-state index contributed by atoms with van der Waals surface area (Å²) < 4.78 is 6.09. The van der Waals surface area contributed by atoms with Crippen LogP contribution in [0.25, 0.3) is 21.1 Å². The fourth-order valence-electron chi connectivity index (χ4n) is 2.48. The zero-order valence-electron chi connectivity index (χ0n) is 12.3. The molecule has 120 valence electrons. The van der Waals surface area contributed by atoms with E-state index in [4.69, 9.17) is 4.42 Å². The maximum Gasteiger partial charge on any atom is 0.171 e. The number of aromatic nitrogens is 3. The van der Waals surface area contributed by atoms with Crippen LogP contribution in [-0.2, 0) is 0 Å². The van der Waals surface area contributed by atoms with Gasteiger partial charge in [-0.15, -0.1) is 21.5 Å². The van der Waals surface area contributed by atoms with Gasteiger partial charge >= 0.3 is 0 Å². The van der Waals surface area contributed by atoms with Crippen LogP contribution in [0.1, 0.15) is 17.4 Å². The molecule has 1 aromatic carbocycles. The van der Waals surface area contributed by atoms with Gasteiger partial charge in [0.2, 0.25) is 0 Å². The van der Waals surface area contributed by atoms with Crippen LogP contribution in [0.2, 0.25) is 0 Å². The van der Waals surface area contributed by atoms with Gasteiger partial charge < -0.3 is 14.5 Å². The van der Waals surface area contributed by atoms with Gasteiger partial charge in [0.25, 0.3) is 0 Å². The molecule has 0 saturated carbocycles. The summed E-state index contributed by atoms with van der Waals surface area (Å²) in [5, 5.41) is 18.7. The Morgan fingerprint density at radius 3 is 2.67 bits per heavy atom. The minimum Gasteiger partial charge on any atom is -0.451 e. The Balaban J connectivity index is 1.84. The fraction of sp³-hybridized carbons (Fsp3) is 0.0588. The number of thiophene rings is 1.